The Morgan fingerprint density at radius 3 is 2.55 bits per heavy atom. The summed E-state index contributed by atoms with van der Waals surface area (Å²) < 4.78 is 13.0. The lowest BCUT2D eigenvalue weighted by molar-refractivity contribution is 0.628. The third-order valence-electron chi connectivity index (χ3n) is 2.82. The van der Waals surface area contributed by atoms with Crippen molar-refractivity contribution >= 4 is 17.5 Å². The highest BCUT2D eigenvalue weighted by atomic mass is 32.2. The maximum absolute atomic E-state index is 13.0. The van der Waals surface area contributed by atoms with E-state index in [1.54, 1.807) is 23.9 Å². The number of hydrogen-bond acceptors (Lipinski definition) is 2. The zero-order valence-corrected chi connectivity index (χ0v) is 12.1. The fraction of sp³-hybridized carbons (Fsp3) is 0.118. The molecule has 0 saturated carbocycles. The Labute approximate surface area is 123 Å². The summed E-state index contributed by atoms with van der Waals surface area (Å²) in [4.78, 5) is 1.03. The molecule has 2 aromatic carbocycles. The van der Waals surface area contributed by atoms with E-state index in [9.17, 15) is 4.39 Å². The van der Waals surface area contributed by atoms with Gasteiger partial charge in [-0.1, -0.05) is 43.0 Å². The zero-order valence-electron chi connectivity index (χ0n) is 11.3. The second-order valence-electron chi connectivity index (χ2n) is 4.28. The number of hydrogen-bond donors (Lipinski definition) is 1. The molecule has 1 nitrogen and oxygen atoms in total. The third kappa shape index (κ3) is 3.58. The van der Waals surface area contributed by atoms with Crippen LogP contribution in [0.3, 0.4) is 0 Å². The van der Waals surface area contributed by atoms with Crippen LogP contribution in [-0.2, 0) is 0 Å². The number of thioether (sulfide) groups is 1. The van der Waals surface area contributed by atoms with E-state index in [-0.39, 0.29) is 5.82 Å². The smallest absolute Gasteiger partial charge is 0.123 e. The Hall–Kier alpha value is -1.87. The Morgan fingerprint density at radius 2 is 1.85 bits per heavy atom. The van der Waals surface area contributed by atoms with Gasteiger partial charge in [-0.05, 0) is 42.2 Å². The van der Waals surface area contributed by atoms with Gasteiger partial charge in [0.2, 0.25) is 0 Å². The van der Waals surface area contributed by atoms with E-state index < -0.39 is 0 Å². The van der Waals surface area contributed by atoms with Crippen LogP contribution in [0.15, 0.2) is 64.9 Å². The molecular weight excluding hydrogens is 269 g/mol. The lowest BCUT2D eigenvalue weighted by atomic mass is 10.0. The molecular formula is C17H16FNS. The average molecular weight is 285 g/mol. The van der Waals surface area contributed by atoms with Crippen molar-refractivity contribution in [3.8, 4) is 0 Å². The second kappa shape index (κ2) is 7.06. The van der Waals surface area contributed by atoms with Crippen molar-refractivity contribution in [2.45, 2.75) is 18.2 Å². The molecule has 0 aliphatic carbocycles. The molecule has 0 fully saturated rings. The predicted molar refractivity (Wildman–Crippen MR) is 84.1 cm³/mol. The molecule has 20 heavy (non-hydrogen) atoms. The molecule has 0 amide bonds. The maximum Gasteiger partial charge on any atom is 0.123 e. The Bertz CT molecular complexity index is 617. The van der Waals surface area contributed by atoms with Gasteiger partial charge in [0.15, 0.2) is 0 Å². The maximum atomic E-state index is 13.0. The van der Waals surface area contributed by atoms with Crippen molar-refractivity contribution in [3.63, 3.8) is 0 Å². The number of nitrogens with one attached hydrogen (secondary N) is 1. The van der Waals surface area contributed by atoms with Crippen molar-refractivity contribution in [2.75, 3.05) is 0 Å². The second-order valence-corrected chi connectivity index (χ2v) is 5.22. The average Bonchev–Trinajstić information content (AvgIpc) is 2.48. The molecule has 0 aromatic heterocycles. The van der Waals surface area contributed by atoms with Crippen LogP contribution in [0.1, 0.15) is 24.5 Å². The van der Waals surface area contributed by atoms with Gasteiger partial charge in [-0.3, -0.25) is 5.41 Å². The summed E-state index contributed by atoms with van der Waals surface area (Å²) in [6.07, 6.45) is 3.08. The first-order valence-electron chi connectivity index (χ1n) is 6.48. The minimum absolute atomic E-state index is 0.282. The van der Waals surface area contributed by atoms with Crippen LogP contribution in [0.5, 0.6) is 0 Å². The van der Waals surface area contributed by atoms with Gasteiger partial charge < -0.3 is 0 Å². The summed E-state index contributed by atoms with van der Waals surface area (Å²) in [5.41, 5.74) is 2.00. The predicted octanol–water partition coefficient (Wildman–Crippen LogP) is 5.26. The molecule has 0 radical (unpaired) electrons. The van der Waals surface area contributed by atoms with Crippen molar-refractivity contribution < 1.29 is 4.39 Å². The van der Waals surface area contributed by atoms with Gasteiger partial charge in [0.1, 0.15) is 5.82 Å². The Kier molecular flexibility index (Phi) is 5.13. The van der Waals surface area contributed by atoms with Crippen molar-refractivity contribution in [2.24, 2.45) is 0 Å². The normalized spacial score (nSPS) is 10.9. The van der Waals surface area contributed by atoms with Gasteiger partial charge in [0, 0.05) is 16.0 Å². The highest BCUT2D eigenvalue weighted by molar-refractivity contribution is 8.02. The standard InChI is InChI=1S/C17H16FNS/c1-2-3-12-20-16-7-5-4-6-15(16)17(19)13-8-10-14(18)11-9-13/h3-12,19H,2H2,1H3/b12-3+,19-17?. The van der Waals surface area contributed by atoms with E-state index in [0.29, 0.717) is 5.71 Å². The molecule has 2 aromatic rings. The van der Waals surface area contributed by atoms with E-state index in [1.807, 2.05) is 29.7 Å². The first-order valence-corrected chi connectivity index (χ1v) is 7.36. The molecule has 1 N–H and O–H groups in total. The minimum Gasteiger partial charge on any atom is -0.300 e. The minimum atomic E-state index is -0.282. The van der Waals surface area contributed by atoms with Crippen LogP contribution >= 0.6 is 11.8 Å². The Morgan fingerprint density at radius 1 is 1.15 bits per heavy atom. The molecule has 2 rings (SSSR count). The van der Waals surface area contributed by atoms with Crippen molar-refractivity contribution in [3.05, 3.63) is 77.0 Å². The quantitative estimate of drug-likeness (QED) is 0.588. The van der Waals surface area contributed by atoms with Crippen LogP contribution in [-0.4, -0.2) is 5.71 Å². The van der Waals surface area contributed by atoms with Crippen molar-refractivity contribution in [1.29, 1.82) is 5.41 Å². The third-order valence-corrected chi connectivity index (χ3v) is 3.75. The first-order chi connectivity index (χ1) is 9.72. The SMILES string of the molecule is CC/C=C/Sc1ccccc1C(=N)c1ccc(F)cc1. The molecule has 0 atom stereocenters. The lowest BCUT2D eigenvalue weighted by Gasteiger charge is -2.09. The van der Waals surface area contributed by atoms with E-state index in [2.05, 4.69) is 13.0 Å². The first kappa shape index (κ1) is 14.5. The summed E-state index contributed by atoms with van der Waals surface area (Å²) in [6, 6.07) is 13.9. The molecule has 0 bridgehead atoms. The number of allylic oxidation sites excluding steroid dienone is 1. The molecule has 0 heterocycles. The largest absolute Gasteiger partial charge is 0.300 e. The van der Waals surface area contributed by atoms with Gasteiger partial charge in [0.25, 0.3) is 0 Å². The van der Waals surface area contributed by atoms with Crippen LogP contribution < -0.4 is 0 Å². The van der Waals surface area contributed by atoms with E-state index >= 15 is 0 Å². The fourth-order valence-electron chi connectivity index (χ4n) is 1.77. The number of benzene rings is 2. The van der Waals surface area contributed by atoms with Crippen LogP contribution in [0.2, 0.25) is 0 Å². The summed E-state index contributed by atoms with van der Waals surface area (Å²) in [7, 11) is 0. The van der Waals surface area contributed by atoms with Gasteiger partial charge in [0.05, 0.1) is 5.71 Å². The van der Waals surface area contributed by atoms with Gasteiger partial charge >= 0.3 is 0 Å². The molecule has 0 unspecified atom stereocenters. The highest BCUT2D eigenvalue weighted by Gasteiger charge is 2.09. The molecule has 102 valence electrons. The van der Waals surface area contributed by atoms with E-state index in [4.69, 9.17) is 5.41 Å². The monoisotopic (exact) mass is 285 g/mol. The molecule has 0 saturated heterocycles. The Balaban J connectivity index is 2.29. The number of rotatable bonds is 5. The summed E-state index contributed by atoms with van der Waals surface area (Å²) in [6.45, 7) is 2.09. The van der Waals surface area contributed by atoms with Gasteiger partial charge in [-0.25, -0.2) is 4.39 Å². The van der Waals surface area contributed by atoms with E-state index in [1.165, 1.54) is 12.1 Å². The highest BCUT2D eigenvalue weighted by Crippen LogP contribution is 2.26. The molecule has 0 aliphatic rings. The van der Waals surface area contributed by atoms with Crippen LogP contribution in [0.4, 0.5) is 4.39 Å². The molecule has 3 heteroatoms. The van der Waals surface area contributed by atoms with Crippen LogP contribution in [0, 0.1) is 11.2 Å². The topological polar surface area (TPSA) is 23.9 Å². The molecule has 0 spiro atoms. The number of halogens is 1. The lowest BCUT2D eigenvalue weighted by Crippen LogP contribution is -2.02. The van der Waals surface area contributed by atoms with Gasteiger partial charge in [-0.2, -0.15) is 0 Å². The summed E-state index contributed by atoms with van der Waals surface area (Å²) >= 11 is 1.60. The molecule has 0 aliphatic heterocycles. The summed E-state index contributed by atoms with van der Waals surface area (Å²) in [5.74, 6) is -0.282. The van der Waals surface area contributed by atoms with Gasteiger partial charge in [-0.15, -0.1) is 0 Å². The fourth-order valence-corrected chi connectivity index (χ4v) is 2.66. The summed E-state index contributed by atoms with van der Waals surface area (Å²) in [5, 5.41) is 10.3. The van der Waals surface area contributed by atoms with Crippen LogP contribution in [0.25, 0.3) is 0 Å². The zero-order chi connectivity index (χ0) is 14.4. The van der Waals surface area contributed by atoms with E-state index in [0.717, 1.165) is 22.4 Å². The van der Waals surface area contributed by atoms with Crippen molar-refractivity contribution in [1.82, 2.24) is 0 Å².